The summed E-state index contributed by atoms with van der Waals surface area (Å²) in [6.07, 6.45) is 8.60. The second-order valence-electron chi connectivity index (χ2n) is 7.31. The van der Waals surface area contributed by atoms with Gasteiger partial charge in [-0.1, -0.05) is 72.8 Å². The molecule has 2 heteroatoms. The summed E-state index contributed by atoms with van der Waals surface area (Å²) in [7, 11) is 8.22. The number of anilines is 2. The third kappa shape index (κ3) is 5.37. The third-order valence-corrected chi connectivity index (χ3v) is 4.69. The van der Waals surface area contributed by atoms with Gasteiger partial charge >= 0.3 is 0 Å². The van der Waals surface area contributed by atoms with E-state index in [1.807, 2.05) is 0 Å². The Hall–Kier alpha value is -3.26. The quantitative estimate of drug-likeness (QED) is 0.481. The van der Waals surface area contributed by atoms with Gasteiger partial charge in [-0.2, -0.15) is 0 Å². The molecule has 0 aliphatic heterocycles. The number of hydrogen-bond acceptors (Lipinski definition) is 2. The van der Waals surface area contributed by atoms with Crippen LogP contribution in [0.1, 0.15) is 22.3 Å². The predicted molar refractivity (Wildman–Crippen MR) is 126 cm³/mol. The molecule has 0 atom stereocenters. The lowest BCUT2D eigenvalue weighted by Gasteiger charge is -2.11. The van der Waals surface area contributed by atoms with Crippen molar-refractivity contribution in [2.75, 3.05) is 38.0 Å². The average Bonchev–Trinajstić information content (AvgIpc) is 2.72. The van der Waals surface area contributed by atoms with Crippen LogP contribution in [0.3, 0.4) is 0 Å². The van der Waals surface area contributed by atoms with Crippen LogP contribution in [0.2, 0.25) is 0 Å². The van der Waals surface area contributed by atoms with Crippen LogP contribution in [-0.2, 0) is 0 Å². The maximum absolute atomic E-state index is 2.15. The highest BCUT2D eigenvalue weighted by molar-refractivity contribution is 5.73. The van der Waals surface area contributed by atoms with Gasteiger partial charge in [0.2, 0.25) is 0 Å². The maximum atomic E-state index is 2.15. The molecule has 3 rings (SSSR count). The molecule has 0 bridgehead atoms. The number of hydrogen-bond donors (Lipinski definition) is 0. The van der Waals surface area contributed by atoms with Crippen molar-refractivity contribution in [3.05, 3.63) is 95.1 Å². The highest BCUT2D eigenvalue weighted by atomic mass is 15.1. The summed E-state index contributed by atoms with van der Waals surface area (Å²) >= 11 is 0. The third-order valence-electron chi connectivity index (χ3n) is 4.69. The molecule has 3 aromatic rings. The second-order valence-corrected chi connectivity index (χ2v) is 7.31. The summed E-state index contributed by atoms with van der Waals surface area (Å²) < 4.78 is 0. The van der Waals surface area contributed by atoms with Crippen molar-refractivity contribution in [2.24, 2.45) is 0 Å². The van der Waals surface area contributed by atoms with Crippen molar-refractivity contribution in [3.8, 4) is 0 Å². The minimum absolute atomic E-state index is 1.20. The van der Waals surface area contributed by atoms with E-state index in [0.29, 0.717) is 0 Å². The van der Waals surface area contributed by atoms with Crippen molar-refractivity contribution < 1.29 is 0 Å². The van der Waals surface area contributed by atoms with E-state index in [2.05, 4.69) is 135 Å². The van der Waals surface area contributed by atoms with Gasteiger partial charge in [0, 0.05) is 39.6 Å². The zero-order chi connectivity index (χ0) is 19.9. The molecule has 0 radical (unpaired) electrons. The molecule has 0 aliphatic carbocycles. The van der Waals surface area contributed by atoms with Gasteiger partial charge in [0.05, 0.1) is 0 Å². The Bertz CT molecular complexity index is 849. The van der Waals surface area contributed by atoms with Gasteiger partial charge in [-0.05, 0) is 46.5 Å². The molecule has 142 valence electrons. The summed E-state index contributed by atoms with van der Waals surface area (Å²) in [5, 5.41) is 0. The van der Waals surface area contributed by atoms with E-state index in [1.165, 1.54) is 33.6 Å². The molecule has 0 saturated heterocycles. The molecule has 2 nitrogen and oxygen atoms in total. The topological polar surface area (TPSA) is 6.48 Å². The summed E-state index contributed by atoms with van der Waals surface area (Å²) in [4.78, 5) is 4.21. The molecule has 0 spiro atoms. The first-order valence-corrected chi connectivity index (χ1v) is 9.52. The summed E-state index contributed by atoms with van der Waals surface area (Å²) in [6, 6.07) is 25.7. The molecule has 28 heavy (non-hydrogen) atoms. The van der Waals surface area contributed by atoms with E-state index in [9.17, 15) is 0 Å². The minimum Gasteiger partial charge on any atom is -0.378 e. The second kappa shape index (κ2) is 9.09. The van der Waals surface area contributed by atoms with Crippen LogP contribution >= 0.6 is 0 Å². The molecule has 0 amide bonds. The first-order valence-electron chi connectivity index (χ1n) is 9.52. The normalized spacial score (nSPS) is 11.3. The van der Waals surface area contributed by atoms with Gasteiger partial charge in [-0.15, -0.1) is 0 Å². The van der Waals surface area contributed by atoms with Crippen molar-refractivity contribution in [1.82, 2.24) is 0 Å². The monoisotopic (exact) mass is 368 g/mol. The van der Waals surface area contributed by atoms with E-state index >= 15 is 0 Å². The zero-order valence-electron chi connectivity index (χ0n) is 17.1. The van der Waals surface area contributed by atoms with Crippen LogP contribution in [0.15, 0.2) is 72.8 Å². The molecule has 0 aliphatic rings. The Labute approximate surface area is 169 Å². The van der Waals surface area contributed by atoms with Crippen molar-refractivity contribution in [3.63, 3.8) is 0 Å². The Kier molecular flexibility index (Phi) is 6.33. The van der Waals surface area contributed by atoms with Crippen LogP contribution in [-0.4, -0.2) is 28.2 Å². The lowest BCUT2D eigenvalue weighted by atomic mass is 10.1. The van der Waals surface area contributed by atoms with E-state index < -0.39 is 0 Å². The van der Waals surface area contributed by atoms with E-state index in [4.69, 9.17) is 0 Å². The number of nitrogens with zero attached hydrogens (tertiary/aromatic N) is 2. The molecule has 0 unspecified atom stereocenters. The van der Waals surface area contributed by atoms with Crippen LogP contribution in [0, 0.1) is 0 Å². The first-order chi connectivity index (χ1) is 13.5. The molecule has 0 aromatic heterocycles. The lowest BCUT2D eigenvalue weighted by Crippen LogP contribution is -2.07. The van der Waals surface area contributed by atoms with Gasteiger partial charge in [0.25, 0.3) is 0 Å². The molecule has 0 saturated carbocycles. The molecular weight excluding hydrogens is 340 g/mol. The fraction of sp³-hybridized carbons (Fsp3) is 0.154. The van der Waals surface area contributed by atoms with Crippen LogP contribution < -0.4 is 9.80 Å². The van der Waals surface area contributed by atoms with Crippen molar-refractivity contribution in [1.29, 1.82) is 0 Å². The largest absolute Gasteiger partial charge is 0.378 e. The fourth-order valence-corrected chi connectivity index (χ4v) is 2.87. The molecule has 3 aromatic carbocycles. The van der Waals surface area contributed by atoms with Crippen LogP contribution in [0.5, 0.6) is 0 Å². The van der Waals surface area contributed by atoms with E-state index in [1.54, 1.807) is 0 Å². The molecule has 0 fully saturated rings. The average molecular weight is 369 g/mol. The van der Waals surface area contributed by atoms with Gasteiger partial charge in [-0.25, -0.2) is 0 Å². The zero-order valence-corrected chi connectivity index (χ0v) is 17.1. The fourth-order valence-electron chi connectivity index (χ4n) is 2.87. The molecule has 0 N–H and O–H groups in total. The first kappa shape index (κ1) is 19.5. The maximum Gasteiger partial charge on any atom is 0.0361 e. The van der Waals surface area contributed by atoms with E-state index in [-0.39, 0.29) is 0 Å². The summed E-state index contributed by atoms with van der Waals surface area (Å²) in [6.45, 7) is 0. The van der Waals surface area contributed by atoms with Gasteiger partial charge in [0.1, 0.15) is 0 Å². The SMILES string of the molecule is CN(C)c1ccc(/C=C\c2ccc(/C=C\c3ccc(N(C)C)cc3)cc2)cc1. The Morgan fingerprint density at radius 3 is 0.821 bits per heavy atom. The molecular formula is C26H28N2. The van der Waals surface area contributed by atoms with Gasteiger partial charge in [-0.3, -0.25) is 0 Å². The van der Waals surface area contributed by atoms with Crippen molar-refractivity contribution in [2.45, 2.75) is 0 Å². The van der Waals surface area contributed by atoms with Crippen LogP contribution in [0.4, 0.5) is 11.4 Å². The highest BCUT2D eigenvalue weighted by Crippen LogP contribution is 2.17. The number of benzene rings is 3. The Morgan fingerprint density at radius 2 is 0.607 bits per heavy atom. The Morgan fingerprint density at radius 1 is 0.393 bits per heavy atom. The van der Waals surface area contributed by atoms with Gasteiger partial charge in [0.15, 0.2) is 0 Å². The van der Waals surface area contributed by atoms with E-state index in [0.717, 1.165) is 0 Å². The smallest absolute Gasteiger partial charge is 0.0361 e. The lowest BCUT2D eigenvalue weighted by molar-refractivity contribution is 1.13. The summed E-state index contributed by atoms with van der Waals surface area (Å²) in [5.41, 5.74) is 7.23. The molecule has 0 heterocycles. The standard InChI is InChI=1S/C26H28N2/c1-27(2)25-17-13-23(14-18-25)11-9-21-5-7-22(8-6-21)10-12-24-15-19-26(20-16-24)28(3)4/h5-20H,1-4H3/b11-9-,12-10-. The summed E-state index contributed by atoms with van der Waals surface area (Å²) in [5.74, 6) is 0. The highest BCUT2D eigenvalue weighted by Gasteiger charge is 1.95. The number of rotatable bonds is 6. The van der Waals surface area contributed by atoms with Crippen molar-refractivity contribution >= 4 is 35.7 Å². The Balaban J connectivity index is 1.62. The predicted octanol–water partition coefficient (Wildman–Crippen LogP) is 6.16. The van der Waals surface area contributed by atoms with Crippen LogP contribution in [0.25, 0.3) is 24.3 Å². The van der Waals surface area contributed by atoms with Gasteiger partial charge < -0.3 is 9.80 Å². The minimum atomic E-state index is 1.20.